The number of rotatable bonds is 5. The molecule has 0 saturated carbocycles. The van der Waals surface area contributed by atoms with Crippen LogP contribution in [0, 0.1) is 0 Å². The van der Waals surface area contributed by atoms with Crippen LogP contribution in [0.15, 0.2) is 42.5 Å². The highest BCUT2D eigenvalue weighted by Crippen LogP contribution is 2.34. The van der Waals surface area contributed by atoms with Crippen molar-refractivity contribution in [3.05, 3.63) is 58.6 Å². The van der Waals surface area contributed by atoms with Gasteiger partial charge in [0.2, 0.25) is 6.79 Å². The molecule has 2 aliphatic rings. The number of imide groups is 1. The summed E-state index contributed by atoms with van der Waals surface area (Å²) in [6.07, 6.45) is 0.341. The molecule has 1 atom stereocenters. The molecule has 144 valence electrons. The average molecular weight is 401 g/mol. The SMILES string of the molecule is CCC1(c2ccc(Cl)cc2)NC(=O)N(CC(=O)c2ccc3c(c2)OCO3)C1=O. The van der Waals surface area contributed by atoms with Crippen molar-refractivity contribution in [1.82, 2.24) is 10.2 Å². The van der Waals surface area contributed by atoms with Crippen molar-refractivity contribution in [2.45, 2.75) is 18.9 Å². The van der Waals surface area contributed by atoms with E-state index in [0.717, 1.165) is 4.90 Å². The van der Waals surface area contributed by atoms with E-state index in [1.165, 1.54) is 0 Å². The maximum absolute atomic E-state index is 13.1. The van der Waals surface area contributed by atoms with Crippen molar-refractivity contribution in [1.29, 1.82) is 0 Å². The predicted molar refractivity (Wildman–Crippen MR) is 101 cm³/mol. The summed E-state index contributed by atoms with van der Waals surface area (Å²) in [6.45, 7) is 1.54. The number of ether oxygens (including phenoxy) is 2. The normalized spacial score (nSPS) is 20.4. The summed E-state index contributed by atoms with van der Waals surface area (Å²) in [5, 5.41) is 3.28. The Kier molecular flexibility index (Phi) is 4.47. The van der Waals surface area contributed by atoms with Gasteiger partial charge in [0.25, 0.3) is 5.91 Å². The van der Waals surface area contributed by atoms with E-state index in [-0.39, 0.29) is 19.1 Å². The fourth-order valence-corrected chi connectivity index (χ4v) is 3.57. The highest BCUT2D eigenvalue weighted by Gasteiger charge is 2.51. The Morgan fingerprint density at radius 3 is 2.57 bits per heavy atom. The lowest BCUT2D eigenvalue weighted by Crippen LogP contribution is -2.43. The second kappa shape index (κ2) is 6.83. The zero-order chi connectivity index (χ0) is 19.9. The standard InChI is InChI=1S/C20H17ClN2O5/c1-2-20(13-4-6-14(21)7-5-13)18(25)23(19(26)22-20)10-15(24)12-3-8-16-17(9-12)28-11-27-16/h3-9H,2,10-11H2,1H3,(H,22,26). The Labute approximate surface area is 166 Å². The Bertz CT molecular complexity index is 975. The summed E-state index contributed by atoms with van der Waals surface area (Å²) in [6, 6.07) is 10.9. The first-order valence-electron chi connectivity index (χ1n) is 8.77. The number of fused-ring (bicyclic) bond motifs is 1. The van der Waals surface area contributed by atoms with Crippen molar-refractivity contribution >= 4 is 29.3 Å². The molecule has 1 saturated heterocycles. The predicted octanol–water partition coefficient (Wildman–Crippen LogP) is 3.11. The number of nitrogens with zero attached hydrogens (tertiary/aromatic N) is 1. The molecule has 8 heteroatoms. The van der Waals surface area contributed by atoms with Gasteiger partial charge < -0.3 is 14.8 Å². The molecule has 2 aromatic carbocycles. The molecule has 2 heterocycles. The molecule has 7 nitrogen and oxygen atoms in total. The highest BCUT2D eigenvalue weighted by atomic mass is 35.5. The van der Waals surface area contributed by atoms with E-state index in [4.69, 9.17) is 21.1 Å². The third kappa shape index (κ3) is 2.88. The number of hydrogen-bond donors (Lipinski definition) is 1. The minimum Gasteiger partial charge on any atom is -0.454 e. The molecule has 0 spiro atoms. The van der Waals surface area contributed by atoms with Crippen molar-refractivity contribution in [3.8, 4) is 11.5 Å². The summed E-state index contributed by atoms with van der Waals surface area (Å²) in [4.78, 5) is 39.3. The lowest BCUT2D eigenvalue weighted by atomic mass is 9.87. The molecule has 0 aliphatic carbocycles. The number of Topliss-reactive ketones (excluding diaryl/α,β-unsaturated/α-hetero) is 1. The van der Waals surface area contributed by atoms with Crippen LogP contribution in [0.1, 0.15) is 29.3 Å². The van der Waals surface area contributed by atoms with E-state index in [1.54, 1.807) is 49.4 Å². The number of hydrogen-bond acceptors (Lipinski definition) is 5. The minimum atomic E-state index is -1.21. The van der Waals surface area contributed by atoms with Crippen molar-refractivity contribution in [2.75, 3.05) is 13.3 Å². The molecule has 4 rings (SSSR count). The van der Waals surface area contributed by atoms with Crippen molar-refractivity contribution < 1.29 is 23.9 Å². The van der Waals surface area contributed by atoms with Crippen LogP contribution in [-0.4, -0.2) is 36.0 Å². The second-order valence-corrected chi connectivity index (χ2v) is 7.01. The Hall–Kier alpha value is -3.06. The van der Waals surface area contributed by atoms with Crippen LogP contribution >= 0.6 is 11.6 Å². The van der Waals surface area contributed by atoms with E-state index in [2.05, 4.69) is 5.32 Å². The van der Waals surface area contributed by atoms with Crippen LogP contribution in [0.5, 0.6) is 11.5 Å². The zero-order valence-electron chi connectivity index (χ0n) is 15.0. The Balaban J connectivity index is 1.58. The van der Waals surface area contributed by atoms with E-state index >= 15 is 0 Å². The van der Waals surface area contributed by atoms with Gasteiger partial charge in [-0.05, 0) is 42.3 Å². The molecule has 28 heavy (non-hydrogen) atoms. The number of amides is 3. The number of nitrogens with one attached hydrogen (secondary N) is 1. The number of halogens is 1. The quantitative estimate of drug-likeness (QED) is 0.615. The van der Waals surface area contributed by atoms with Crippen LogP contribution in [0.25, 0.3) is 0 Å². The third-order valence-electron chi connectivity index (χ3n) is 5.04. The van der Waals surface area contributed by atoms with Gasteiger partial charge >= 0.3 is 6.03 Å². The fourth-order valence-electron chi connectivity index (χ4n) is 3.45. The monoisotopic (exact) mass is 400 g/mol. The summed E-state index contributed by atoms with van der Waals surface area (Å²) in [5.41, 5.74) is -0.252. The second-order valence-electron chi connectivity index (χ2n) is 6.58. The molecule has 2 aromatic rings. The molecule has 1 fully saturated rings. The van der Waals surface area contributed by atoms with E-state index < -0.39 is 17.5 Å². The zero-order valence-corrected chi connectivity index (χ0v) is 15.8. The maximum Gasteiger partial charge on any atom is 0.325 e. The minimum absolute atomic E-state index is 0.0973. The van der Waals surface area contributed by atoms with Gasteiger partial charge in [-0.3, -0.25) is 14.5 Å². The summed E-state index contributed by atoms with van der Waals surface area (Å²) < 4.78 is 10.5. The van der Waals surface area contributed by atoms with Crippen molar-refractivity contribution in [2.24, 2.45) is 0 Å². The highest BCUT2D eigenvalue weighted by molar-refractivity contribution is 6.30. The lowest BCUT2D eigenvalue weighted by molar-refractivity contribution is -0.131. The van der Waals surface area contributed by atoms with Gasteiger partial charge in [-0.1, -0.05) is 30.7 Å². The van der Waals surface area contributed by atoms with Gasteiger partial charge in [-0.15, -0.1) is 0 Å². The van der Waals surface area contributed by atoms with E-state index in [9.17, 15) is 14.4 Å². The molecule has 0 radical (unpaired) electrons. The molecular weight excluding hydrogens is 384 g/mol. The van der Waals surface area contributed by atoms with Crippen LogP contribution in [-0.2, 0) is 10.3 Å². The van der Waals surface area contributed by atoms with Crippen LogP contribution in [0.2, 0.25) is 5.02 Å². The third-order valence-corrected chi connectivity index (χ3v) is 5.29. The molecule has 1 N–H and O–H groups in total. The molecule has 1 unspecified atom stereocenters. The van der Waals surface area contributed by atoms with E-state index in [0.29, 0.717) is 34.1 Å². The molecule has 3 amide bonds. The number of carbonyl (C=O) groups excluding carboxylic acids is 3. The molecular formula is C20H17ClN2O5. The summed E-state index contributed by atoms with van der Waals surface area (Å²) >= 11 is 5.93. The molecule has 2 aliphatic heterocycles. The van der Waals surface area contributed by atoms with Gasteiger partial charge in [0.1, 0.15) is 5.54 Å². The van der Waals surface area contributed by atoms with Crippen LogP contribution < -0.4 is 14.8 Å². The van der Waals surface area contributed by atoms with Gasteiger partial charge in [0.15, 0.2) is 17.3 Å². The van der Waals surface area contributed by atoms with Gasteiger partial charge in [-0.2, -0.15) is 0 Å². The Morgan fingerprint density at radius 1 is 1.14 bits per heavy atom. The largest absolute Gasteiger partial charge is 0.454 e. The van der Waals surface area contributed by atoms with Crippen molar-refractivity contribution in [3.63, 3.8) is 0 Å². The number of urea groups is 1. The van der Waals surface area contributed by atoms with E-state index in [1.807, 2.05) is 0 Å². The number of benzene rings is 2. The first kappa shape index (κ1) is 18.3. The van der Waals surface area contributed by atoms with Crippen LogP contribution in [0.3, 0.4) is 0 Å². The topological polar surface area (TPSA) is 84.9 Å². The van der Waals surface area contributed by atoms with Gasteiger partial charge in [0.05, 0.1) is 6.54 Å². The van der Waals surface area contributed by atoms with Gasteiger partial charge in [0, 0.05) is 10.6 Å². The summed E-state index contributed by atoms with van der Waals surface area (Å²) in [7, 11) is 0. The van der Waals surface area contributed by atoms with Crippen LogP contribution in [0.4, 0.5) is 4.79 Å². The Morgan fingerprint density at radius 2 is 1.86 bits per heavy atom. The first-order chi connectivity index (χ1) is 13.4. The van der Waals surface area contributed by atoms with Gasteiger partial charge in [-0.25, -0.2) is 4.79 Å². The smallest absolute Gasteiger partial charge is 0.325 e. The first-order valence-corrected chi connectivity index (χ1v) is 9.15. The average Bonchev–Trinajstić information content (AvgIpc) is 3.26. The number of carbonyl (C=O) groups is 3. The maximum atomic E-state index is 13.1. The summed E-state index contributed by atoms with van der Waals surface area (Å²) in [5.74, 6) is 0.188. The molecule has 0 bridgehead atoms. The lowest BCUT2D eigenvalue weighted by Gasteiger charge is -2.25. The fraction of sp³-hybridized carbons (Fsp3) is 0.250. The number of ketones is 1. The molecule has 0 aromatic heterocycles.